The molecule has 0 spiro atoms. The first-order valence-electron chi connectivity index (χ1n) is 31.9. The fourth-order valence-electron chi connectivity index (χ4n) is 13.4. The van der Waals surface area contributed by atoms with Crippen LogP contribution in [0.4, 0.5) is 43.9 Å². The molecule has 9 saturated heterocycles. The van der Waals surface area contributed by atoms with E-state index in [1.54, 1.807) is 58.0 Å². The number of ketones is 1. The average Bonchev–Trinajstić information content (AvgIpc) is 1.66. The maximum absolute atomic E-state index is 13.7. The molecule has 9 heterocycles. The van der Waals surface area contributed by atoms with Gasteiger partial charge in [0.15, 0.2) is 0 Å². The normalized spacial score (nSPS) is 27.4. The number of hydrogen-bond donors (Lipinski definition) is 8. The van der Waals surface area contributed by atoms with Gasteiger partial charge in [0.05, 0.1) is 65.3 Å². The number of ether oxygens (including phenoxy) is 3. The van der Waals surface area contributed by atoms with E-state index < -0.39 is 149 Å². The van der Waals surface area contributed by atoms with E-state index in [0.29, 0.717) is 57.6 Å². The summed E-state index contributed by atoms with van der Waals surface area (Å²) in [5, 5.41) is 63.2. The Hall–Kier alpha value is -2.09. The van der Waals surface area contributed by atoms with Crippen molar-refractivity contribution in [1.29, 1.82) is 0 Å². The number of alkyl halides is 10. The zero-order chi connectivity index (χ0) is 69.7. The van der Waals surface area contributed by atoms with Crippen LogP contribution in [0.25, 0.3) is 0 Å². The average molecular weight is 1450 g/mol. The molecule has 95 heavy (non-hydrogen) atoms. The number of Topliss-reactive ketones (excluding diaryl/α,β-unsaturated/α-hetero) is 1. The molecule has 0 aromatic heterocycles. The number of piperidine rings is 4. The summed E-state index contributed by atoms with van der Waals surface area (Å²) in [4.78, 5) is 56.2. The topological polar surface area (TPSA) is 264 Å². The van der Waals surface area contributed by atoms with Crippen molar-refractivity contribution in [2.45, 2.75) is 228 Å². The number of aliphatic hydroxyl groups is 2. The van der Waals surface area contributed by atoms with Crippen molar-refractivity contribution in [3.8, 4) is 0 Å². The van der Waals surface area contributed by atoms with Crippen LogP contribution in [0.3, 0.4) is 0 Å². The Balaban J connectivity index is 0.000000576. The summed E-state index contributed by atoms with van der Waals surface area (Å²) in [6.45, 7) is 17.0. The second-order valence-electron chi connectivity index (χ2n) is 27.0. The lowest BCUT2D eigenvalue weighted by molar-refractivity contribution is -0.147. The predicted molar refractivity (Wildman–Crippen MR) is 348 cm³/mol. The molecule has 0 amide bonds. The molecule has 554 valence electrons. The van der Waals surface area contributed by atoms with Gasteiger partial charge < -0.3 is 64.3 Å². The lowest BCUT2D eigenvalue weighted by atomic mass is 9.82. The molecule has 0 bridgehead atoms. The van der Waals surface area contributed by atoms with Crippen molar-refractivity contribution < 1.29 is 108 Å². The zero-order valence-electron chi connectivity index (χ0n) is 56.5. The summed E-state index contributed by atoms with van der Waals surface area (Å²) in [6.07, 6.45) is 3.85. The van der Waals surface area contributed by atoms with Gasteiger partial charge in [0.25, 0.3) is 29.6 Å². The van der Waals surface area contributed by atoms with E-state index in [0.717, 1.165) is 63.8 Å². The van der Waals surface area contributed by atoms with Crippen LogP contribution in [0.1, 0.15) is 111 Å². The highest BCUT2D eigenvalue weighted by molar-refractivity contribution is 6.46. The zero-order valence-corrected chi connectivity index (χ0v) is 58.9. The van der Waals surface area contributed by atoms with E-state index in [1.807, 2.05) is 19.3 Å². The number of carbonyl (C=O) groups excluding carboxylic acids is 4. The lowest BCUT2D eigenvalue weighted by Crippen LogP contribution is -2.54. The molecule has 9 aliphatic rings. The van der Waals surface area contributed by atoms with Crippen LogP contribution < -0.4 is 10.6 Å². The molecular formula is C56H104B4Cl3F10N9O13. The molecule has 9 fully saturated rings. The Morgan fingerprint density at radius 2 is 0.811 bits per heavy atom. The first-order valence-corrected chi connectivity index (χ1v) is 31.9. The van der Waals surface area contributed by atoms with Gasteiger partial charge in [-0.25, -0.2) is 43.9 Å². The Labute approximate surface area is 573 Å². The maximum Gasteiger partial charge on any atom is 0.377 e. The van der Waals surface area contributed by atoms with E-state index in [-0.39, 0.29) is 87.8 Å². The number of nitrogens with one attached hydrogen (secondary N) is 2. The first-order chi connectivity index (χ1) is 42.4. The van der Waals surface area contributed by atoms with Crippen molar-refractivity contribution in [3.05, 3.63) is 0 Å². The highest BCUT2D eigenvalue weighted by atomic mass is 35.5. The number of likely N-dealkylation sites (tertiary alicyclic amines) is 3. The standard InChI is InChI=1S/C13H25BF2N2O2.C12H21BF2N2O3.C12H22F2N2O.C7H12BF2NO3.C6H12BNO2.C6H9F2NO2.3ClH/c1-12(2,19)11-8-13(15,16)9-18(11)10-4-6-17(7-5-10)14(3)20;1-13(19)16-5-3-9(4-6-16)17-8-12(14,15)7-10(17)11(18)20-2;1-11(2,17)10-7-12(13,14)8-16(10)9-3-5-15-6-4-9;1-8(13)11-4-7(9,10)3-5(11)6(12)14-2;1-7(10)8-4-2-6(9)3-5-8;1-11-5(10)4-2-6(7,8)3-9-4;;;/h10-11,19-20H,4-9H2,1-3H3;9-10,19H,3-8H2,1-2H3;9-10,15,17H,3-8H2,1-2H3;5,13H,3-4H2,1-2H3;10H,2-5H2,1H3;4,9H,2-3H2,1H3;3*1H/t11-;2*10-;5-;;4-;;;/m1111.1.../s1. The van der Waals surface area contributed by atoms with Gasteiger partial charge in [0.2, 0.25) is 0 Å². The van der Waals surface area contributed by atoms with E-state index in [1.165, 1.54) is 21.0 Å². The number of nitrogens with zero attached hydrogens (tertiary/aromatic N) is 7. The summed E-state index contributed by atoms with van der Waals surface area (Å²) in [7, 11) is 1.07. The van der Waals surface area contributed by atoms with Crippen molar-refractivity contribution in [3.63, 3.8) is 0 Å². The van der Waals surface area contributed by atoms with E-state index in [2.05, 4.69) is 24.8 Å². The smallest absolute Gasteiger partial charge is 0.377 e. The van der Waals surface area contributed by atoms with Crippen LogP contribution in [0, 0.1) is 0 Å². The number of halogens is 13. The number of rotatable bonds is 12. The molecule has 8 N–H and O–H groups in total. The van der Waals surface area contributed by atoms with Crippen LogP contribution in [-0.2, 0) is 33.4 Å². The number of esters is 3. The van der Waals surface area contributed by atoms with Crippen molar-refractivity contribution >= 4 is 89.1 Å². The highest BCUT2D eigenvalue weighted by Crippen LogP contribution is 2.42. The third-order valence-corrected chi connectivity index (χ3v) is 18.5. The summed E-state index contributed by atoms with van der Waals surface area (Å²) < 4.78 is 146. The molecule has 0 aromatic carbocycles. The molecule has 9 rings (SSSR count). The summed E-state index contributed by atoms with van der Waals surface area (Å²) in [6, 6.07) is -3.47. The number of hydrogen-bond acceptors (Lipinski definition) is 22. The molecule has 39 heteroatoms. The van der Waals surface area contributed by atoms with E-state index in [4.69, 9.17) is 5.02 Å². The summed E-state index contributed by atoms with van der Waals surface area (Å²) >= 11 is 0. The van der Waals surface area contributed by atoms with Gasteiger partial charge in [-0.1, -0.05) is 0 Å². The lowest BCUT2D eigenvalue weighted by Gasteiger charge is -2.42. The van der Waals surface area contributed by atoms with Crippen LogP contribution in [-0.4, -0.2) is 312 Å². The predicted octanol–water partition coefficient (Wildman–Crippen LogP) is 3.87. The van der Waals surface area contributed by atoms with Gasteiger partial charge in [0, 0.05) is 75.2 Å². The monoisotopic (exact) mass is 1450 g/mol. The molecule has 9 aliphatic heterocycles. The van der Waals surface area contributed by atoms with Gasteiger partial charge in [-0.05, 0) is 146 Å². The first kappa shape index (κ1) is 90.9. The maximum atomic E-state index is 13.7. The fourth-order valence-corrected chi connectivity index (χ4v) is 13.4. The van der Waals surface area contributed by atoms with Gasteiger partial charge >= 0.3 is 46.1 Å². The van der Waals surface area contributed by atoms with E-state index >= 15 is 0 Å². The molecule has 5 atom stereocenters. The number of carbonyl (C=O) groups is 4. The minimum absolute atomic E-state index is 0. The van der Waals surface area contributed by atoms with Gasteiger partial charge in [-0.2, -0.15) is 0 Å². The molecular weight excluding hydrogens is 1350 g/mol. The summed E-state index contributed by atoms with van der Waals surface area (Å²) in [5.74, 6) is -15.5. The SMILES string of the molecule is CB(O)N1CCC(=O)CC1.CB(O)N1CCC(N2CC(F)(F)C[C@@H]2C(C)(C)O)CC1.CC(C)(O)[C@H]1CC(F)(F)CN1C1CCNCC1.COC(=O)[C@H]1CC(F)(F)CN1.COC(=O)[C@H]1CC(F)(F)CN1B(C)O.COC(=O)[C@H]1CC(F)(F)CN1C1CCN(B(C)O)CC1.Cl.Cl.Cl. The Bertz CT molecular complexity index is 2320. The fraction of sp³-hybridized carbons (Fsp3) is 0.929. The number of methoxy groups -OCH3 is 3. The third kappa shape index (κ3) is 28.7. The van der Waals surface area contributed by atoms with Crippen molar-refractivity contribution in [2.24, 2.45) is 0 Å². The van der Waals surface area contributed by atoms with Gasteiger partial charge in [-0.3, -0.25) is 44.0 Å². The van der Waals surface area contributed by atoms with Crippen molar-refractivity contribution in [2.75, 3.05) is 106 Å². The van der Waals surface area contributed by atoms with Gasteiger partial charge in [-0.15, -0.1) is 37.2 Å². The summed E-state index contributed by atoms with van der Waals surface area (Å²) in [5.41, 5.74) is -2.19. The molecule has 0 aliphatic carbocycles. The Kier molecular flexibility index (Phi) is 37.1. The van der Waals surface area contributed by atoms with Crippen LogP contribution in [0.5, 0.6) is 0 Å². The largest absolute Gasteiger partial charge is 0.468 e. The van der Waals surface area contributed by atoms with Crippen LogP contribution >= 0.6 is 37.2 Å². The molecule has 0 unspecified atom stereocenters. The van der Waals surface area contributed by atoms with Crippen molar-refractivity contribution in [1.82, 2.24) is 44.6 Å². The minimum Gasteiger partial charge on any atom is -0.468 e. The Morgan fingerprint density at radius 1 is 0.474 bits per heavy atom. The van der Waals surface area contributed by atoms with E-state index in [9.17, 15) is 88.4 Å². The molecule has 0 aromatic rings. The highest BCUT2D eigenvalue weighted by Gasteiger charge is 2.55. The molecule has 0 saturated carbocycles. The second kappa shape index (κ2) is 38.8. The van der Waals surface area contributed by atoms with Crippen LogP contribution in [0.15, 0.2) is 0 Å². The molecule has 0 radical (unpaired) electrons. The Morgan fingerprint density at radius 3 is 1.17 bits per heavy atom. The third-order valence-electron chi connectivity index (χ3n) is 18.5. The molecule has 22 nitrogen and oxygen atoms in total. The quantitative estimate of drug-likeness (QED) is 0.0597. The van der Waals surface area contributed by atoms with Crippen LogP contribution in [0.2, 0.25) is 27.3 Å². The van der Waals surface area contributed by atoms with Gasteiger partial charge in [0.1, 0.15) is 23.9 Å². The minimum atomic E-state index is -2.93. The second-order valence-corrected chi connectivity index (χ2v) is 27.0.